The quantitative estimate of drug-likeness (QED) is 0.369. The van der Waals surface area contributed by atoms with Crippen LogP contribution in [0.1, 0.15) is 18.4 Å². The second-order valence-corrected chi connectivity index (χ2v) is 9.79. The lowest BCUT2D eigenvalue weighted by Crippen LogP contribution is -2.49. The number of hydrogen-bond donors (Lipinski definition) is 2. The second kappa shape index (κ2) is 11.2. The van der Waals surface area contributed by atoms with Gasteiger partial charge in [0, 0.05) is 39.0 Å². The molecule has 0 aromatic heterocycles. The number of nitrogens with one attached hydrogen (secondary N) is 2. The summed E-state index contributed by atoms with van der Waals surface area (Å²) in [5.74, 6) is 1.42. The molecule has 0 saturated carbocycles. The molecule has 0 radical (unpaired) electrons. The van der Waals surface area contributed by atoms with Crippen LogP contribution in [-0.2, 0) is 16.4 Å². The number of nitrogens with zero attached hydrogens (tertiary/aromatic N) is 2. The van der Waals surface area contributed by atoms with Crippen LogP contribution in [0.25, 0.3) is 0 Å². The lowest BCUT2D eigenvalue weighted by Gasteiger charge is -2.33. The Morgan fingerprint density at radius 3 is 2.39 bits per heavy atom. The van der Waals surface area contributed by atoms with E-state index >= 15 is 0 Å². The number of likely N-dealkylation sites (tertiary alicyclic amines) is 1. The molecule has 1 saturated heterocycles. The third-order valence-corrected chi connectivity index (χ3v) is 6.44. The Bertz CT molecular complexity index is 939. The van der Waals surface area contributed by atoms with Gasteiger partial charge in [-0.2, -0.15) is 0 Å². The summed E-state index contributed by atoms with van der Waals surface area (Å²) in [6.45, 7) is 4.18. The van der Waals surface area contributed by atoms with Crippen LogP contribution in [0.5, 0.6) is 5.75 Å². The van der Waals surface area contributed by atoms with Crippen molar-refractivity contribution in [1.82, 2.24) is 15.5 Å². The van der Waals surface area contributed by atoms with Gasteiger partial charge in [0.05, 0.1) is 11.4 Å². The first-order chi connectivity index (χ1) is 14.9. The lowest BCUT2D eigenvalue weighted by atomic mass is 10.0. The molecule has 0 bridgehead atoms. The van der Waals surface area contributed by atoms with E-state index in [9.17, 15) is 8.42 Å². The van der Waals surface area contributed by atoms with Crippen molar-refractivity contribution in [3.05, 3.63) is 60.2 Å². The molecule has 2 aromatic rings. The minimum absolute atomic E-state index is 0.289. The third-order valence-electron chi connectivity index (χ3n) is 5.32. The predicted octanol–water partition coefficient (Wildman–Crippen LogP) is 2.30. The molecule has 3 rings (SSSR count). The maximum absolute atomic E-state index is 11.5. The molecule has 1 heterocycles. The van der Waals surface area contributed by atoms with Gasteiger partial charge in [0.2, 0.25) is 0 Å². The Hall–Kier alpha value is -2.58. The summed E-state index contributed by atoms with van der Waals surface area (Å²) in [6, 6.07) is 17.5. The van der Waals surface area contributed by atoms with Crippen molar-refractivity contribution in [3.63, 3.8) is 0 Å². The number of aliphatic imine (C=N–C) groups is 1. The highest BCUT2D eigenvalue weighted by atomic mass is 32.2. The smallest absolute Gasteiger partial charge is 0.191 e. The van der Waals surface area contributed by atoms with E-state index < -0.39 is 9.84 Å². The average Bonchev–Trinajstić information content (AvgIpc) is 2.77. The highest BCUT2D eigenvalue weighted by Crippen LogP contribution is 2.16. The summed E-state index contributed by atoms with van der Waals surface area (Å²) in [5.41, 5.74) is 1.36. The fraction of sp³-hybridized carbons (Fsp3) is 0.435. The van der Waals surface area contributed by atoms with Crippen LogP contribution in [0.3, 0.4) is 0 Å². The number of rotatable bonds is 8. The summed E-state index contributed by atoms with van der Waals surface area (Å²) in [5, 5.41) is 6.78. The van der Waals surface area contributed by atoms with E-state index in [1.54, 1.807) is 31.3 Å². The topological polar surface area (TPSA) is 83.0 Å². The molecule has 31 heavy (non-hydrogen) atoms. The molecular formula is C23H32N4O3S. The third kappa shape index (κ3) is 7.56. The highest BCUT2D eigenvalue weighted by Gasteiger charge is 2.20. The predicted molar refractivity (Wildman–Crippen MR) is 124 cm³/mol. The molecule has 0 unspecified atom stereocenters. The van der Waals surface area contributed by atoms with Crippen LogP contribution >= 0.6 is 0 Å². The molecule has 0 atom stereocenters. The zero-order valence-corrected chi connectivity index (χ0v) is 19.1. The SMILES string of the molecule is CN=C(NCCOc1ccc(S(C)(=O)=O)cc1)NC1CCN(Cc2ccccc2)CC1. The van der Waals surface area contributed by atoms with Crippen molar-refractivity contribution in [3.8, 4) is 5.75 Å². The summed E-state index contributed by atoms with van der Waals surface area (Å²) < 4.78 is 28.7. The molecule has 2 N–H and O–H groups in total. The van der Waals surface area contributed by atoms with Crippen molar-refractivity contribution in [2.45, 2.75) is 30.3 Å². The normalized spacial score (nSPS) is 16.1. The van der Waals surface area contributed by atoms with Crippen LogP contribution < -0.4 is 15.4 Å². The van der Waals surface area contributed by atoms with Gasteiger partial charge in [0.1, 0.15) is 12.4 Å². The first-order valence-corrected chi connectivity index (χ1v) is 12.5. The average molecular weight is 445 g/mol. The van der Waals surface area contributed by atoms with E-state index in [1.165, 1.54) is 11.8 Å². The zero-order chi connectivity index (χ0) is 22.1. The molecule has 168 valence electrons. The molecule has 1 aliphatic rings. The van der Waals surface area contributed by atoms with Crippen LogP contribution in [0.15, 0.2) is 64.5 Å². The number of ether oxygens (including phenoxy) is 1. The number of guanidine groups is 1. The second-order valence-electron chi connectivity index (χ2n) is 7.77. The van der Waals surface area contributed by atoms with E-state index in [0.717, 1.165) is 38.4 Å². The van der Waals surface area contributed by atoms with Crippen molar-refractivity contribution in [2.24, 2.45) is 4.99 Å². The molecule has 0 spiro atoms. The zero-order valence-electron chi connectivity index (χ0n) is 18.3. The number of sulfone groups is 1. The van der Waals surface area contributed by atoms with E-state index in [2.05, 4.69) is 50.9 Å². The Kier molecular flexibility index (Phi) is 8.31. The Balaban J connectivity index is 1.34. The first kappa shape index (κ1) is 23.1. The molecule has 0 amide bonds. The van der Waals surface area contributed by atoms with Gasteiger partial charge in [-0.05, 0) is 42.7 Å². The fourth-order valence-corrected chi connectivity index (χ4v) is 4.22. The van der Waals surface area contributed by atoms with E-state index in [-0.39, 0.29) is 4.90 Å². The van der Waals surface area contributed by atoms with Crippen molar-refractivity contribution < 1.29 is 13.2 Å². The Labute approximate surface area is 185 Å². The van der Waals surface area contributed by atoms with Crippen LogP contribution in [0.2, 0.25) is 0 Å². The monoisotopic (exact) mass is 444 g/mol. The van der Waals surface area contributed by atoms with Gasteiger partial charge in [0.15, 0.2) is 15.8 Å². The summed E-state index contributed by atoms with van der Waals surface area (Å²) in [4.78, 5) is 7.09. The Morgan fingerprint density at radius 2 is 1.77 bits per heavy atom. The molecular weight excluding hydrogens is 412 g/mol. The van der Waals surface area contributed by atoms with Crippen LogP contribution in [0, 0.1) is 0 Å². The Morgan fingerprint density at radius 1 is 1.10 bits per heavy atom. The maximum atomic E-state index is 11.5. The van der Waals surface area contributed by atoms with E-state index in [1.807, 2.05) is 0 Å². The van der Waals surface area contributed by atoms with Gasteiger partial charge in [-0.25, -0.2) is 8.42 Å². The number of hydrogen-bond acceptors (Lipinski definition) is 5. The van der Waals surface area contributed by atoms with Crippen molar-refractivity contribution >= 4 is 15.8 Å². The highest BCUT2D eigenvalue weighted by molar-refractivity contribution is 7.90. The molecule has 7 nitrogen and oxygen atoms in total. The summed E-state index contributed by atoms with van der Waals surface area (Å²) in [6.07, 6.45) is 3.35. The minimum Gasteiger partial charge on any atom is -0.492 e. The van der Waals surface area contributed by atoms with Gasteiger partial charge in [-0.15, -0.1) is 0 Å². The van der Waals surface area contributed by atoms with E-state index in [4.69, 9.17) is 4.74 Å². The summed E-state index contributed by atoms with van der Waals surface area (Å²) >= 11 is 0. The molecule has 1 fully saturated rings. The van der Waals surface area contributed by atoms with E-state index in [0.29, 0.717) is 24.9 Å². The first-order valence-electron chi connectivity index (χ1n) is 10.6. The molecule has 0 aliphatic carbocycles. The number of benzene rings is 2. The largest absolute Gasteiger partial charge is 0.492 e. The van der Waals surface area contributed by atoms with Gasteiger partial charge >= 0.3 is 0 Å². The van der Waals surface area contributed by atoms with Gasteiger partial charge < -0.3 is 15.4 Å². The van der Waals surface area contributed by atoms with Crippen LogP contribution in [-0.4, -0.2) is 64.9 Å². The van der Waals surface area contributed by atoms with Gasteiger partial charge in [-0.3, -0.25) is 9.89 Å². The fourth-order valence-electron chi connectivity index (χ4n) is 3.59. The van der Waals surface area contributed by atoms with Crippen LogP contribution in [0.4, 0.5) is 0 Å². The molecule has 1 aliphatic heterocycles. The lowest BCUT2D eigenvalue weighted by molar-refractivity contribution is 0.198. The van der Waals surface area contributed by atoms with Crippen molar-refractivity contribution in [1.29, 1.82) is 0 Å². The minimum atomic E-state index is -3.19. The van der Waals surface area contributed by atoms with Gasteiger partial charge in [0.25, 0.3) is 0 Å². The van der Waals surface area contributed by atoms with Gasteiger partial charge in [-0.1, -0.05) is 30.3 Å². The maximum Gasteiger partial charge on any atom is 0.191 e. The molecule has 2 aromatic carbocycles. The summed E-state index contributed by atoms with van der Waals surface area (Å²) in [7, 11) is -1.42. The van der Waals surface area contributed by atoms with Crippen molar-refractivity contribution in [2.75, 3.05) is 39.5 Å². The molecule has 8 heteroatoms. The standard InChI is InChI=1S/C23H32N4O3S/c1-24-23(25-14-17-30-21-8-10-22(11-9-21)31(2,28)29)26-20-12-15-27(16-13-20)18-19-6-4-3-5-7-19/h3-11,20H,12-18H2,1-2H3,(H2,24,25,26). The number of piperidine rings is 1.